The van der Waals surface area contributed by atoms with Crippen LogP contribution in [0.15, 0.2) is 29.2 Å². The molecule has 0 radical (unpaired) electrons. The molecular weight excluding hydrogens is 306 g/mol. The second-order valence-corrected chi connectivity index (χ2v) is 7.29. The summed E-state index contributed by atoms with van der Waals surface area (Å²) < 4.78 is 4.95. The van der Waals surface area contributed by atoms with E-state index in [0.717, 1.165) is 22.9 Å². The van der Waals surface area contributed by atoms with E-state index in [-0.39, 0.29) is 11.2 Å². The van der Waals surface area contributed by atoms with Crippen molar-refractivity contribution in [3.05, 3.63) is 29.3 Å². The smallest absolute Gasteiger partial charge is 0.325 e. The van der Waals surface area contributed by atoms with Gasteiger partial charge in [0.05, 0.1) is 7.11 Å². The summed E-state index contributed by atoms with van der Waals surface area (Å²) in [7, 11) is 1.44. The number of hydrogen-bond acceptors (Lipinski definition) is 4. The number of methoxy groups -OCH3 is 1. The third kappa shape index (κ3) is 5.89. The Morgan fingerprint density at radius 1 is 1.43 bits per heavy atom. The van der Waals surface area contributed by atoms with Crippen molar-refractivity contribution in [3.8, 4) is 0 Å². The summed E-state index contributed by atoms with van der Waals surface area (Å²) >= 11 is 7.63. The molecule has 0 heterocycles. The monoisotopic (exact) mass is 329 g/mol. The Morgan fingerprint density at radius 3 is 2.57 bits per heavy atom. The van der Waals surface area contributed by atoms with E-state index in [9.17, 15) is 4.79 Å². The summed E-state index contributed by atoms with van der Waals surface area (Å²) in [6, 6.07) is 7.76. The van der Waals surface area contributed by atoms with E-state index in [1.165, 1.54) is 7.11 Å². The number of benzene rings is 1. The van der Waals surface area contributed by atoms with Crippen LogP contribution in [0.1, 0.15) is 33.6 Å². The fourth-order valence-electron chi connectivity index (χ4n) is 2.22. The standard InChI is InChI=1S/C16H24ClNO2S/c1-5-10-18-16(3,15(19)20-4)11-12(2)21-14-8-6-13(17)7-9-14/h6-9,12,18H,5,10-11H2,1-4H3. The second kappa shape index (κ2) is 8.66. The Kier molecular flexibility index (Phi) is 7.57. The summed E-state index contributed by atoms with van der Waals surface area (Å²) in [6.07, 6.45) is 1.68. The Balaban J connectivity index is 2.68. The van der Waals surface area contributed by atoms with Gasteiger partial charge in [-0.15, -0.1) is 11.8 Å². The number of ether oxygens (including phenoxy) is 1. The van der Waals surface area contributed by atoms with Gasteiger partial charge in [0.25, 0.3) is 0 Å². The highest BCUT2D eigenvalue weighted by Gasteiger charge is 2.35. The van der Waals surface area contributed by atoms with Gasteiger partial charge in [-0.2, -0.15) is 0 Å². The lowest BCUT2D eigenvalue weighted by atomic mass is 9.96. The summed E-state index contributed by atoms with van der Waals surface area (Å²) in [4.78, 5) is 13.2. The zero-order valence-corrected chi connectivity index (χ0v) is 14.7. The van der Waals surface area contributed by atoms with Crippen LogP contribution < -0.4 is 5.32 Å². The van der Waals surface area contributed by atoms with Crippen LogP contribution in [0.25, 0.3) is 0 Å². The number of hydrogen-bond donors (Lipinski definition) is 1. The number of halogens is 1. The molecule has 0 fully saturated rings. The molecule has 21 heavy (non-hydrogen) atoms. The van der Waals surface area contributed by atoms with Gasteiger partial charge >= 0.3 is 5.97 Å². The molecule has 1 aromatic rings. The van der Waals surface area contributed by atoms with Gasteiger partial charge in [-0.05, 0) is 50.6 Å². The Morgan fingerprint density at radius 2 is 2.05 bits per heavy atom. The lowest BCUT2D eigenvalue weighted by molar-refractivity contribution is -0.148. The van der Waals surface area contributed by atoms with Crippen molar-refractivity contribution in [3.63, 3.8) is 0 Å². The number of esters is 1. The first-order valence-electron chi connectivity index (χ1n) is 7.17. The molecule has 0 aliphatic heterocycles. The number of nitrogens with one attached hydrogen (secondary N) is 1. The summed E-state index contributed by atoms with van der Waals surface area (Å²) in [5.74, 6) is -0.209. The molecule has 0 aromatic heterocycles. The largest absolute Gasteiger partial charge is 0.468 e. The molecule has 3 nitrogen and oxygen atoms in total. The molecule has 1 rings (SSSR count). The van der Waals surface area contributed by atoms with E-state index in [1.807, 2.05) is 31.2 Å². The van der Waals surface area contributed by atoms with E-state index in [1.54, 1.807) is 11.8 Å². The van der Waals surface area contributed by atoms with Crippen LogP contribution in [0.3, 0.4) is 0 Å². The Hall–Kier alpha value is -0.710. The lowest BCUT2D eigenvalue weighted by Crippen LogP contribution is -2.51. The van der Waals surface area contributed by atoms with Crippen molar-refractivity contribution in [1.82, 2.24) is 5.32 Å². The Labute approximate surface area is 136 Å². The minimum Gasteiger partial charge on any atom is -0.468 e. The number of rotatable bonds is 8. The molecule has 0 bridgehead atoms. The van der Waals surface area contributed by atoms with E-state index in [0.29, 0.717) is 6.42 Å². The summed E-state index contributed by atoms with van der Waals surface area (Å²) in [5.41, 5.74) is -0.649. The average Bonchev–Trinajstić information content (AvgIpc) is 2.46. The summed E-state index contributed by atoms with van der Waals surface area (Å²) in [6.45, 7) is 6.90. The molecule has 0 aliphatic carbocycles. The maximum atomic E-state index is 12.1. The highest BCUT2D eigenvalue weighted by atomic mass is 35.5. The van der Waals surface area contributed by atoms with Crippen LogP contribution in [-0.4, -0.2) is 30.4 Å². The van der Waals surface area contributed by atoms with E-state index in [2.05, 4.69) is 19.2 Å². The van der Waals surface area contributed by atoms with Crippen molar-refractivity contribution in [1.29, 1.82) is 0 Å². The van der Waals surface area contributed by atoms with E-state index in [4.69, 9.17) is 16.3 Å². The van der Waals surface area contributed by atoms with Crippen LogP contribution in [0, 0.1) is 0 Å². The van der Waals surface area contributed by atoms with Crippen LogP contribution in [0.5, 0.6) is 0 Å². The molecule has 0 saturated carbocycles. The van der Waals surface area contributed by atoms with Gasteiger partial charge in [0, 0.05) is 15.2 Å². The van der Waals surface area contributed by atoms with Gasteiger partial charge in [0.15, 0.2) is 0 Å². The molecule has 5 heteroatoms. The quantitative estimate of drug-likeness (QED) is 0.574. The molecule has 0 saturated heterocycles. The van der Waals surface area contributed by atoms with Gasteiger partial charge < -0.3 is 10.1 Å². The maximum Gasteiger partial charge on any atom is 0.325 e. The third-order valence-electron chi connectivity index (χ3n) is 3.25. The van der Waals surface area contributed by atoms with Crippen LogP contribution in [0.4, 0.5) is 0 Å². The molecular formula is C16H24ClNO2S. The Bertz CT molecular complexity index is 452. The molecule has 1 aromatic carbocycles. The molecule has 0 aliphatic rings. The van der Waals surface area contributed by atoms with Crippen molar-refractivity contribution in [2.24, 2.45) is 0 Å². The number of thioether (sulfide) groups is 1. The predicted octanol–water partition coefficient (Wildman–Crippen LogP) is 4.14. The van der Waals surface area contributed by atoms with Crippen LogP contribution in [-0.2, 0) is 9.53 Å². The molecule has 0 amide bonds. The van der Waals surface area contributed by atoms with Gasteiger partial charge in [-0.1, -0.05) is 25.4 Å². The number of carbonyl (C=O) groups excluding carboxylic acids is 1. The van der Waals surface area contributed by atoms with Gasteiger partial charge in [0.2, 0.25) is 0 Å². The molecule has 2 unspecified atom stereocenters. The fourth-order valence-corrected chi connectivity index (χ4v) is 3.52. The van der Waals surface area contributed by atoms with E-state index >= 15 is 0 Å². The molecule has 0 spiro atoms. The first-order valence-corrected chi connectivity index (χ1v) is 8.42. The average molecular weight is 330 g/mol. The van der Waals surface area contributed by atoms with Crippen molar-refractivity contribution < 1.29 is 9.53 Å². The summed E-state index contributed by atoms with van der Waals surface area (Å²) in [5, 5.41) is 4.32. The minimum atomic E-state index is -0.649. The number of carbonyl (C=O) groups is 1. The zero-order valence-electron chi connectivity index (χ0n) is 13.1. The van der Waals surface area contributed by atoms with Gasteiger partial charge in [-0.3, -0.25) is 4.79 Å². The highest BCUT2D eigenvalue weighted by Crippen LogP contribution is 2.30. The SMILES string of the molecule is CCCNC(C)(CC(C)Sc1ccc(Cl)cc1)C(=O)OC. The highest BCUT2D eigenvalue weighted by molar-refractivity contribution is 7.99. The van der Waals surface area contributed by atoms with Crippen LogP contribution >= 0.6 is 23.4 Å². The fraction of sp³-hybridized carbons (Fsp3) is 0.562. The van der Waals surface area contributed by atoms with Gasteiger partial charge in [-0.25, -0.2) is 0 Å². The molecule has 1 N–H and O–H groups in total. The molecule has 118 valence electrons. The van der Waals surface area contributed by atoms with Gasteiger partial charge in [0.1, 0.15) is 5.54 Å². The first-order chi connectivity index (χ1) is 9.91. The second-order valence-electron chi connectivity index (χ2n) is 5.34. The van der Waals surface area contributed by atoms with E-state index < -0.39 is 5.54 Å². The maximum absolute atomic E-state index is 12.1. The predicted molar refractivity (Wildman–Crippen MR) is 90.1 cm³/mol. The van der Waals surface area contributed by atoms with Crippen LogP contribution in [0.2, 0.25) is 5.02 Å². The zero-order chi connectivity index (χ0) is 15.9. The van der Waals surface area contributed by atoms with Crippen molar-refractivity contribution in [2.45, 2.75) is 49.3 Å². The van der Waals surface area contributed by atoms with Crippen molar-refractivity contribution >= 4 is 29.3 Å². The lowest BCUT2D eigenvalue weighted by Gasteiger charge is -2.30. The normalized spacial score (nSPS) is 15.3. The minimum absolute atomic E-state index is 0.209. The topological polar surface area (TPSA) is 38.3 Å². The first kappa shape index (κ1) is 18.3. The molecule has 2 atom stereocenters. The third-order valence-corrected chi connectivity index (χ3v) is 4.61. The van der Waals surface area contributed by atoms with Crippen molar-refractivity contribution in [2.75, 3.05) is 13.7 Å².